The van der Waals surface area contributed by atoms with Crippen LogP contribution in [0.5, 0.6) is 5.75 Å². The SMILES string of the molecule is CCCOc1cccc2c1[nH]c(=S)n2C(C)C(=O)OCC. The molecule has 1 atom stereocenters. The second-order valence-corrected chi connectivity index (χ2v) is 5.11. The van der Waals surface area contributed by atoms with Crippen LogP contribution in [0.1, 0.15) is 33.2 Å². The fourth-order valence-electron chi connectivity index (χ4n) is 2.21. The first-order chi connectivity index (χ1) is 10.1. The van der Waals surface area contributed by atoms with E-state index in [1.165, 1.54) is 0 Å². The number of rotatable bonds is 6. The van der Waals surface area contributed by atoms with E-state index in [0.717, 1.165) is 23.2 Å². The summed E-state index contributed by atoms with van der Waals surface area (Å²) in [5.41, 5.74) is 1.65. The lowest BCUT2D eigenvalue weighted by Gasteiger charge is -2.13. The van der Waals surface area contributed by atoms with E-state index in [-0.39, 0.29) is 5.97 Å². The van der Waals surface area contributed by atoms with Gasteiger partial charge < -0.3 is 19.0 Å². The lowest BCUT2D eigenvalue weighted by atomic mass is 10.2. The highest BCUT2D eigenvalue weighted by molar-refractivity contribution is 7.71. The molecule has 21 heavy (non-hydrogen) atoms. The molecule has 0 amide bonds. The lowest BCUT2D eigenvalue weighted by Crippen LogP contribution is -2.19. The molecule has 0 saturated heterocycles. The van der Waals surface area contributed by atoms with E-state index < -0.39 is 6.04 Å². The maximum absolute atomic E-state index is 12.0. The Kier molecular flexibility index (Phi) is 5.01. The van der Waals surface area contributed by atoms with Crippen LogP contribution in [0.15, 0.2) is 18.2 Å². The van der Waals surface area contributed by atoms with Gasteiger partial charge >= 0.3 is 5.97 Å². The molecule has 1 aromatic carbocycles. The van der Waals surface area contributed by atoms with Gasteiger partial charge in [0.1, 0.15) is 17.3 Å². The van der Waals surface area contributed by atoms with Crippen molar-refractivity contribution >= 4 is 29.2 Å². The standard InChI is InChI=1S/C15H20N2O3S/c1-4-9-20-12-8-6-7-11-13(12)16-15(21)17(11)10(3)14(18)19-5-2/h6-8,10H,4-5,9H2,1-3H3,(H,16,21). The first kappa shape index (κ1) is 15.6. The van der Waals surface area contributed by atoms with Gasteiger partial charge in [0, 0.05) is 0 Å². The summed E-state index contributed by atoms with van der Waals surface area (Å²) in [5, 5.41) is 0. The average Bonchev–Trinajstić information content (AvgIpc) is 2.81. The predicted molar refractivity (Wildman–Crippen MR) is 84.3 cm³/mol. The second kappa shape index (κ2) is 6.76. The van der Waals surface area contributed by atoms with E-state index in [2.05, 4.69) is 11.9 Å². The summed E-state index contributed by atoms with van der Waals surface area (Å²) in [7, 11) is 0. The van der Waals surface area contributed by atoms with Gasteiger partial charge in [0.15, 0.2) is 4.77 Å². The van der Waals surface area contributed by atoms with Gasteiger partial charge in [-0.05, 0) is 44.6 Å². The van der Waals surface area contributed by atoms with Gasteiger partial charge in [0.25, 0.3) is 0 Å². The van der Waals surface area contributed by atoms with Crippen molar-refractivity contribution in [1.29, 1.82) is 0 Å². The van der Waals surface area contributed by atoms with Crippen molar-refractivity contribution < 1.29 is 14.3 Å². The third-order valence-electron chi connectivity index (χ3n) is 3.19. The van der Waals surface area contributed by atoms with Crippen molar-refractivity contribution in [3.05, 3.63) is 23.0 Å². The van der Waals surface area contributed by atoms with Crippen molar-refractivity contribution in [1.82, 2.24) is 9.55 Å². The number of esters is 1. The maximum atomic E-state index is 12.0. The number of H-pyrrole nitrogens is 1. The zero-order chi connectivity index (χ0) is 15.4. The van der Waals surface area contributed by atoms with Gasteiger partial charge in [-0.3, -0.25) is 0 Å². The molecule has 0 aliphatic carbocycles. The van der Waals surface area contributed by atoms with Gasteiger partial charge in [0.2, 0.25) is 0 Å². The predicted octanol–water partition coefficient (Wildman–Crippen LogP) is 3.61. The molecule has 0 fully saturated rings. The quantitative estimate of drug-likeness (QED) is 0.654. The number of para-hydroxylation sites is 1. The van der Waals surface area contributed by atoms with Crippen molar-refractivity contribution in [3.63, 3.8) is 0 Å². The van der Waals surface area contributed by atoms with Crippen molar-refractivity contribution in [2.75, 3.05) is 13.2 Å². The van der Waals surface area contributed by atoms with Crippen LogP contribution in [0.25, 0.3) is 11.0 Å². The Hall–Kier alpha value is -1.82. The zero-order valence-corrected chi connectivity index (χ0v) is 13.3. The van der Waals surface area contributed by atoms with E-state index in [9.17, 15) is 4.79 Å². The molecular formula is C15H20N2O3S. The smallest absolute Gasteiger partial charge is 0.328 e. The normalized spacial score (nSPS) is 12.3. The number of hydrogen-bond donors (Lipinski definition) is 1. The van der Waals surface area contributed by atoms with E-state index in [4.69, 9.17) is 21.7 Å². The number of carbonyl (C=O) groups excluding carboxylic acids is 1. The number of imidazole rings is 1. The summed E-state index contributed by atoms with van der Waals surface area (Å²) in [4.78, 5) is 15.1. The second-order valence-electron chi connectivity index (χ2n) is 4.73. The highest BCUT2D eigenvalue weighted by atomic mass is 32.1. The molecular weight excluding hydrogens is 288 g/mol. The van der Waals surface area contributed by atoms with Gasteiger partial charge in [0.05, 0.1) is 18.7 Å². The van der Waals surface area contributed by atoms with Crippen LogP contribution in [0.4, 0.5) is 0 Å². The Morgan fingerprint density at radius 1 is 1.43 bits per heavy atom. The van der Waals surface area contributed by atoms with E-state index in [0.29, 0.717) is 18.0 Å². The van der Waals surface area contributed by atoms with E-state index in [1.807, 2.05) is 18.2 Å². The molecule has 5 nitrogen and oxygen atoms in total. The Morgan fingerprint density at radius 3 is 2.86 bits per heavy atom. The molecule has 0 radical (unpaired) electrons. The van der Waals surface area contributed by atoms with Gasteiger partial charge in [-0.25, -0.2) is 4.79 Å². The van der Waals surface area contributed by atoms with Gasteiger partial charge in [-0.1, -0.05) is 13.0 Å². The molecule has 0 aliphatic rings. The molecule has 1 heterocycles. The molecule has 1 N–H and O–H groups in total. The Morgan fingerprint density at radius 2 is 2.19 bits per heavy atom. The fraction of sp³-hybridized carbons (Fsp3) is 0.467. The third-order valence-corrected chi connectivity index (χ3v) is 3.49. The van der Waals surface area contributed by atoms with Crippen molar-refractivity contribution in [3.8, 4) is 5.75 Å². The molecule has 2 aromatic rings. The highest BCUT2D eigenvalue weighted by Crippen LogP contribution is 2.27. The number of ether oxygens (including phenoxy) is 2. The third kappa shape index (κ3) is 3.10. The molecule has 6 heteroatoms. The van der Waals surface area contributed by atoms with Crippen molar-refractivity contribution in [2.45, 2.75) is 33.2 Å². The molecule has 114 valence electrons. The molecule has 0 saturated carbocycles. The number of aromatic amines is 1. The summed E-state index contributed by atoms with van der Waals surface area (Å²) >= 11 is 5.35. The van der Waals surface area contributed by atoms with Crippen LogP contribution in [0, 0.1) is 4.77 Å². The number of fused-ring (bicyclic) bond motifs is 1. The van der Waals surface area contributed by atoms with Crippen LogP contribution in [-0.4, -0.2) is 28.7 Å². The number of aromatic nitrogens is 2. The summed E-state index contributed by atoms with van der Waals surface area (Å²) < 4.78 is 13.0. The summed E-state index contributed by atoms with van der Waals surface area (Å²) in [6, 6.07) is 5.22. The van der Waals surface area contributed by atoms with Crippen LogP contribution >= 0.6 is 12.2 Å². The molecule has 0 aliphatic heterocycles. The molecule has 0 bridgehead atoms. The largest absolute Gasteiger partial charge is 0.491 e. The van der Waals surface area contributed by atoms with Crippen LogP contribution in [0.3, 0.4) is 0 Å². The van der Waals surface area contributed by atoms with E-state index in [1.54, 1.807) is 18.4 Å². The number of nitrogens with zero attached hydrogens (tertiary/aromatic N) is 1. The van der Waals surface area contributed by atoms with Gasteiger partial charge in [-0.2, -0.15) is 0 Å². The zero-order valence-electron chi connectivity index (χ0n) is 12.5. The number of nitrogens with one attached hydrogen (secondary N) is 1. The molecule has 1 aromatic heterocycles. The lowest BCUT2D eigenvalue weighted by molar-refractivity contribution is -0.146. The summed E-state index contributed by atoms with van der Waals surface area (Å²) in [6.07, 6.45) is 0.928. The van der Waals surface area contributed by atoms with E-state index >= 15 is 0 Å². The monoisotopic (exact) mass is 308 g/mol. The summed E-state index contributed by atoms with van der Waals surface area (Å²) in [6.45, 7) is 6.61. The first-order valence-electron chi connectivity index (χ1n) is 7.12. The highest BCUT2D eigenvalue weighted by Gasteiger charge is 2.20. The fourth-order valence-corrected chi connectivity index (χ4v) is 2.57. The summed E-state index contributed by atoms with van der Waals surface area (Å²) in [5.74, 6) is 0.449. The molecule has 2 rings (SSSR count). The van der Waals surface area contributed by atoms with Crippen LogP contribution in [-0.2, 0) is 9.53 Å². The van der Waals surface area contributed by atoms with Crippen LogP contribution in [0.2, 0.25) is 0 Å². The maximum Gasteiger partial charge on any atom is 0.328 e. The Bertz CT molecular complexity index is 690. The minimum absolute atomic E-state index is 0.297. The topological polar surface area (TPSA) is 56.2 Å². The minimum atomic E-state index is -0.479. The number of carbonyl (C=O) groups is 1. The Balaban J connectivity index is 2.48. The van der Waals surface area contributed by atoms with Crippen molar-refractivity contribution in [2.24, 2.45) is 0 Å². The molecule has 1 unspecified atom stereocenters. The van der Waals surface area contributed by atoms with Crippen LogP contribution < -0.4 is 4.74 Å². The minimum Gasteiger partial charge on any atom is -0.491 e. The number of hydrogen-bond acceptors (Lipinski definition) is 4. The van der Waals surface area contributed by atoms with Gasteiger partial charge in [-0.15, -0.1) is 0 Å². The molecule has 0 spiro atoms. The number of benzene rings is 1. The first-order valence-corrected chi connectivity index (χ1v) is 7.53. The average molecular weight is 308 g/mol. The Labute approximate surface area is 128 Å².